The van der Waals surface area contributed by atoms with E-state index in [0.29, 0.717) is 12.0 Å². The average Bonchev–Trinajstić information content (AvgIpc) is 2.26. The molecule has 0 aromatic heterocycles. The van der Waals surface area contributed by atoms with Crippen molar-refractivity contribution in [2.75, 3.05) is 0 Å². The first-order valence-electron chi connectivity index (χ1n) is 4.86. The molecule has 0 amide bonds. The van der Waals surface area contributed by atoms with Crippen LogP contribution in [0.1, 0.15) is 24.5 Å². The van der Waals surface area contributed by atoms with Crippen LogP contribution >= 0.6 is 0 Å². The van der Waals surface area contributed by atoms with Crippen molar-refractivity contribution in [1.82, 2.24) is 0 Å². The van der Waals surface area contributed by atoms with Crippen molar-refractivity contribution in [2.45, 2.75) is 20.3 Å². The van der Waals surface area contributed by atoms with E-state index >= 15 is 0 Å². The van der Waals surface area contributed by atoms with Gasteiger partial charge in [-0.1, -0.05) is 13.0 Å². The molecule has 0 saturated heterocycles. The van der Waals surface area contributed by atoms with Crippen LogP contribution in [0.5, 0.6) is 0 Å². The molecule has 16 heavy (non-hydrogen) atoms. The zero-order valence-electron chi connectivity index (χ0n) is 9.14. The molecule has 0 atom stereocenters. The highest BCUT2D eigenvalue weighted by Gasteiger charge is 2.16. The molecule has 0 fully saturated rings. The highest BCUT2D eigenvalue weighted by Crippen LogP contribution is 2.24. The second-order valence-corrected chi connectivity index (χ2v) is 3.41. The van der Waals surface area contributed by atoms with Gasteiger partial charge in [0.2, 0.25) is 0 Å². The van der Waals surface area contributed by atoms with E-state index in [1.165, 1.54) is 13.0 Å². The summed E-state index contributed by atoms with van der Waals surface area (Å²) in [5, 5.41) is 8.78. The molecule has 0 saturated carbocycles. The van der Waals surface area contributed by atoms with Gasteiger partial charge in [-0.25, -0.2) is 8.78 Å². The number of aryl methyl sites for hydroxylation is 1. The van der Waals surface area contributed by atoms with Crippen LogP contribution in [0.4, 0.5) is 8.78 Å². The van der Waals surface area contributed by atoms with Gasteiger partial charge in [-0.3, -0.25) is 0 Å². The Hall–Kier alpha value is -1.89. The molecule has 0 aliphatic carbocycles. The molecule has 0 aliphatic rings. The first kappa shape index (κ1) is 12.2. The second kappa shape index (κ2) is 4.75. The number of benzene rings is 1. The first-order valence-corrected chi connectivity index (χ1v) is 4.86. The predicted molar refractivity (Wildman–Crippen MR) is 58.1 cm³/mol. The van der Waals surface area contributed by atoms with Crippen molar-refractivity contribution >= 4 is 5.70 Å². The summed E-state index contributed by atoms with van der Waals surface area (Å²) >= 11 is 0. The third kappa shape index (κ3) is 2.03. The van der Waals surface area contributed by atoms with E-state index in [1.54, 1.807) is 6.92 Å². The van der Waals surface area contributed by atoms with Gasteiger partial charge >= 0.3 is 0 Å². The summed E-state index contributed by atoms with van der Waals surface area (Å²) in [5.74, 6) is -1.46. The fraction of sp³-hybridized carbons (Fsp3) is 0.250. The third-order valence-corrected chi connectivity index (χ3v) is 2.37. The van der Waals surface area contributed by atoms with Gasteiger partial charge in [-0.15, -0.1) is 0 Å². The number of nitrogens with zero attached hydrogens (tertiary/aromatic N) is 1. The Kier molecular flexibility index (Phi) is 3.62. The van der Waals surface area contributed by atoms with Crippen LogP contribution in [-0.4, -0.2) is 0 Å². The molecule has 0 aliphatic heterocycles. The van der Waals surface area contributed by atoms with E-state index in [0.717, 1.165) is 6.07 Å². The van der Waals surface area contributed by atoms with Gasteiger partial charge in [-0.05, 0) is 25.0 Å². The van der Waals surface area contributed by atoms with Gasteiger partial charge < -0.3 is 5.73 Å². The van der Waals surface area contributed by atoms with Crippen LogP contribution in [0.15, 0.2) is 17.7 Å². The highest BCUT2D eigenvalue weighted by atomic mass is 19.1. The minimum Gasteiger partial charge on any atom is -0.397 e. The van der Waals surface area contributed by atoms with E-state index in [2.05, 4.69) is 0 Å². The lowest BCUT2D eigenvalue weighted by Gasteiger charge is -2.09. The minimum atomic E-state index is -0.748. The van der Waals surface area contributed by atoms with E-state index in [-0.39, 0.29) is 16.8 Å². The fourth-order valence-corrected chi connectivity index (χ4v) is 1.38. The van der Waals surface area contributed by atoms with Crippen molar-refractivity contribution < 1.29 is 8.78 Å². The molecule has 0 heterocycles. The zero-order valence-corrected chi connectivity index (χ0v) is 9.14. The molecule has 84 valence electrons. The smallest absolute Gasteiger partial charge is 0.138 e. The van der Waals surface area contributed by atoms with Gasteiger partial charge in [0.1, 0.15) is 11.6 Å². The summed E-state index contributed by atoms with van der Waals surface area (Å²) in [7, 11) is 0. The second-order valence-electron chi connectivity index (χ2n) is 3.41. The summed E-state index contributed by atoms with van der Waals surface area (Å²) in [6.45, 7) is 3.22. The summed E-state index contributed by atoms with van der Waals surface area (Å²) in [5.41, 5.74) is 5.66. The van der Waals surface area contributed by atoms with Crippen LogP contribution in [0.3, 0.4) is 0 Å². The molecule has 0 radical (unpaired) electrons. The highest BCUT2D eigenvalue weighted by molar-refractivity contribution is 5.70. The van der Waals surface area contributed by atoms with Crippen molar-refractivity contribution in [2.24, 2.45) is 5.73 Å². The molecule has 2 nitrogen and oxygen atoms in total. The van der Waals surface area contributed by atoms with Gasteiger partial charge in [0.15, 0.2) is 0 Å². The van der Waals surface area contributed by atoms with E-state index in [1.807, 2.05) is 6.07 Å². The van der Waals surface area contributed by atoms with Gasteiger partial charge in [-0.2, -0.15) is 5.26 Å². The van der Waals surface area contributed by atoms with Crippen molar-refractivity contribution in [3.05, 3.63) is 40.5 Å². The molecule has 1 rings (SSSR count). The topological polar surface area (TPSA) is 49.8 Å². The zero-order chi connectivity index (χ0) is 12.3. The van der Waals surface area contributed by atoms with Crippen LogP contribution in [-0.2, 0) is 0 Å². The van der Waals surface area contributed by atoms with E-state index in [9.17, 15) is 8.78 Å². The Morgan fingerprint density at radius 1 is 1.44 bits per heavy atom. The van der Waals surface area contributed by atoms with Crippen LogP contribution < -0.4 is 5.73 Å². The third-order valence-electron chi connectivity index (χ3n) is 2.37. The Morgan fingerprint density at radius 3 is 2.56 bits per heavy atom. The van der Waals surface area contributed by atoms with Crippen molar-refractivity contribution in [3.63, 3.8) is 0 Å². The molecule has 1 aromatic rings. The Morgan fingerprint density at radius 2 is 2.06 bits per heavy atom. The largest absolute Gasteiger partial charge is 0.397 e. The molecule has 1 aromatic carbocycles. The number of rotatable bonds is 2. The van der Waals surface area contributed by atoms with E-state index < -0.39 is 11.6 Å². The molecule has 2 N–H and O–H groups in total. The molecule has 0 unspecified atom stereocenters. The fourth-order valence-electron chi connectivity index (χ4n) is 1.38. The number of nitrogens with two attached hydrogens (primary N) is 1. The average molecular weight is 222 g/mol. The number of hydrogen-bond acceptors (Lipinski definition) is 2. The number of halogens is 2. The number of allylic oxidation sites excluding steroid dienone is 1. The standard InChI is InChI=1S/C12H12F2N2/c1-3-8(6-15)12(16)10-9(13)5-4-7(2)11(10)14/h4-5H,3,16H2,1-2H3/b12-8-. The lowest BCUT2D eigenvalue weighted by molar-refractivity contribution is 0.570. The molecule has 0 spiro atoms. The Bertz CT molecular complexity index is 485. The van der Waals surface area contributed by atoms with Crippen LogP contribution in [0.2, 0.25) is 0 Å². The van der Waals surface area contributed by atoms with Crippen molar-refractivity contribution in [3.8, 4) is 6.07 Å². The lowest BCUT2D eigenvalue weighted by atomic mass is 10.0. The molecule has 4 heteroatoms. The van der Waals surface area contributed by atoms with E-state index in [4.69, 9.17) is 11.0 Å². The summed E-state index contributed by atoms with van der Waals surface area (Å²) in [6.07, 6.45) is 0.342. The molecular weight excluding hydrogens is 210 g/mol. The normalized spacial score (nSPS) is 11.9. The van der Waals surface area contributed by atoms with Gasteiger partial charge in [0.25, 0.3) is 0 Å². The van der Waals surface area contributed by atoms with Gasteiger partial charge in [0, 0.05) is 0 Å². The van der Waals surface area contributed by atoms with Crippen LogP contribution in [0.25, 0.3) is 5.70 Å². The molecular formula is C12H12F2N2. The maximum atomic E-state index is 13.7. The maximum absolute atomic E-state index is 13.7. The Balaban J connectivity index is 3.51. The number of hydrogen-bond donors (Lipinski definition) is 1. The predicted octanol–water partition coefficient (Wildman–Crippen LogP) is 2.88. The summed E-state index contributed by atoms with van der Waals surface area (Å²) in [4.78, 5) is 0. The lowest BCUT2D eigenvalue weighted by Crippen LogP contribution is -2.07. The van der Waals surface area contributed by atoms with Gasteiger partial charge in [0.05, 0.1) is 22.9 Å². The molecule has 0 bridgehead atoms. The van der Waals surface area contributed by atoms with Crippen LogP contribution in [0, 0.1) is 29.9 Å². The maximum Gasteiger partial charge on any atom is 0.138 e. The SMILES string of the molecule is CC/C(C#N)=C(/N)c1c(F)ccc(C)c1F. The minimum absolute atomic E-state index is 0.122. The Labute approximate surface area is 93.0 Å². The summed E-state index contributed by atoms with van der Waals surface area (Å²) < 4.78 is 27.1. The van der Waals surface area contributed by atoms with Crippen molar-refractivity contribution in [1.29, 1.82) is 5.26 Å². The quantitative estimate of drug-likeness (QED) is 0.782. The number of nitriles is 1. The first-order chi connectivity index (χ1) is 7.52. The summed E-state index contributed by atoms with van der Waals surface area (Å²) in [6, 6.07) is 4.32. The monoisotopic (exact) mass is 222 g/mol.